The SMILES string of the molecule is COc1ccc(OC)c(NC(=O)c2cn3ccsc3n2)c1. The third-order valence-corrected chi connectivity index (χ3v) is 3.75. The maximum atomic E-state index is 12.3. The molecular weight excluding hydrogens is 290 g/mol. The van der Waals surface area contributed by atoms with Crippen LogP contribution in [-0.4, -0.2) is 29.5 Å². The number of carbonyl (C=O) groups is 1. The fourth-order valence-electron chi connectivity index (χ4n) is 1.93. The normalized spacial score (nSPS) is 10.6. The zero-order valence-electron chi connectivity index (χ0n) is 11.5. The molecule has 21 heavy (non-hydrogen) atoms. The van der Waals surface area contributed by atoms with Crippen molar-refractivity contribution in [3.63, 3.8) is 0 Å². The standard InChI is InChI=1S/C14H13N3O3S/c1-19-9-3-4-12(20-2)10(7-9)15-13(18)11-8-17-5-6-21-14(17)16-11/h3-8H,1-2H3,(H,15,18). The first-order valence-electron chi connectivity index (χ1n) is 6.17. The number of nitrogens with one attached hydrogen (secondary N) is 1. The molecule has 0 spiro atoms. The van der Waals surface area contributed by atoms with Gasteiger partial charge in [-0.3, -0.25) is 9.20 Å². The van der Waals surface area contributed by atoms with Crippen molar-refractivity contribution in [3.8, 4) is 11.5 Å². The minimum absolute atomic E-state index is 0.294. The van der Waals surface area contributed by atoms with E-state index in [-0.39, 0.29) is 5.91 Å². The summed E-state index contributed by atoms with van der Waals surface area (Å²) in [5.74, 6) is 0.902. The molecular formula is C14H13N3O3S. The fraction of sp³-hybridized carbons (Fsp3) is 0.143. The third-order valence-electron chi connectivity index (χ3n) is 2.98. The lowest BCUT2D eigenvalue weighted by molar-refractivity contribution is 0.102. The first kappa shape index (κ1) is 13.4. The number of nitrogens with zero attached hydrogens (tertiary/aromatic N) is 2. The molecule has 0 bridgehead atoms. The number of methoxy groups -OCH3 is 2. The van der Waals surface area contributed by atoms with Gasteiger partial charge in [0.05, 0.1) is 19.9 Å². The highest BCUT2D eigenvalue weighted by Crippen LogP contribution is 2.29. The Morgan fingerprint density at radius 1 is 1.33 bits per heavy atom. The van der Waals surface area contributed by atoms with E-state index in [0.717, 1.165) is 4.96 Å². The van der Waals surface area contributed by atoms with E-state index >= 15 is 0 Å². The van der Waals surface area contributed by atoms with Gasteiger partial charge in [-0.1, -0.05) is 0 Å². The third kappa shape index (κ3) is 2.55. The smallest absolute Gasteiger partial charge is 0.276 e. The molecule has 108 valence electrons. The Balaban J connectivity index is 1.88. The Labute approximate surface area is 124 Å². The van der Waals surface area contributed by atoms with Gasteiger partial charge in [0, 0.05) is 23.8 Å². The Morgan fingerprint density at radius 2 is 2.19 bits per heavy atom. The molecule has 7 heteroatoms. The van der Waals surface area contributed by atoms with Crippen LogP contribution in [0.25, 0.3) is 4.96 Å². The highest BCUT2D eigenvalue weighted by atomic mass is 32.1. The predicted molar refractivity (Wildman–Crippen MR) is 80.6 cm³/mol. The minimum Gasteiger partial charge on any atom is -0.497 e. The van der Waals surface area contributed by atoms with Gasteiger partial charge < -0.3 is 14.8 Å². The quantitative estimate of drug-likeness (QED) is 0.805. The van der Waals surface area contributed by atoms with Crippen molar-refractivity contribution in [2.24, 2.45) is 0 Å². The van der Waals surface area contributed by atoms with Crippen molar-refractivity contribution in [2.45, 2.75) is 0 Å². The van der Waals surface area contributed by atoms with E-state index in [0.29, 0.717) is 22.9 Å². The van der Waals surface area contributed by atoms with Crippen LogP contribution < -0.4 is 14.8 Å². The summed E-state index contributed by atoms with van der Waals surface area (Å²) in [6.45, 7) is 0. The number of thiazole rings is 1. The second-order valence-corrected chi connectivity index (χ2v) is 5.11. The summed E-state index contributed by atoms with van der Waals surface area (Å²) in [5, 5.41) is 4.70. The number of carbonyl (C=O) groups excluding carboxylic acids is 1. The monoisotopic (exact) mass is 303 g/mol. The number of aromatic nitrogens is 2. The number of hydrogen-bond acceptors (Lipinski definition) is 5. The lowest BCUT2D eigenvalue weighted by atomic mass is 10.2. The van der Waals surface area contributed by atoms with Crippen LogP contribution in [0.1, 0.15) is 10.5 Å². The zero-order chi connectivity index (χ0) is 14.8. The van der Waals surface area contributed by atoms with Gasteiger partial charge in [0.15, 0.2) is 4.96 Å². The van der Waals surface area contributed by atoms with Crippen molar-refractivity contribution in [1.29, 1.82) is 0 Å². The summed E-state index contributed by atoms with van der Waals surface area (Å²) in [7, 11) is 3.11. The fourth-order valence-corrected chi connectivity index (χ4v) is 2.64. The van der Waals surface area contributed by atoms with Crippen molar-refractivity contribution in [1.82, 2.24) is 9.38 Å². The van der Waals surface area contributed by atoms with Crippen LogP contribution >= 0.6 is 11.3 Å². The molecule has 0 saturated carbocycles. The number of benzene rings is 1. The number of amides is 1. The predicted octanol–water partition coefficient (Wildman–Crippen LogP) is 2.67. The van der Waals surface area contributed by atoms with Gasteiger partial charge in [0.2, 0.25) is 0 Å². The molecule has 3 aromatic rings. The summed E-state index contributed by atoms with van der Waals surface area (Å²) in [4.78, 5) is 17.3. The van der Waals surface area contributed by atoms with Crippen molar-refractivity contribution < 1.29 is 14.3 Å². The number of rotatable bonds is 4. The Bertz CT molecular complexity index is 765. The number of hydrogen-bond donors (Lipinski definition) is 1. The summed E-state index contributed by atoms with van der Waals surface area (Å²) in [6, 6.07) is 5.20. The van der Waals surface area contributed by atoms with Gasteiger partial charge in [0.25, 0.3) is 5.91 Å². The van der Waals surface area contributed by atoms with Crippen LogP contribution in [-0.2, 0) is 0 Å². The molecule has 1 N–H and O–H groups in total. The van der Waals surface area contributed by atoms with E-state index in [2.05, 4.69) is 10.3 Å². The van der Waals surface area contributed by atoms with E-state index in [9.17, 15) is 4.79 Å². The van der Waals surface area contributed by atoms with Crippen LogP contribution in [0.4, 0.5) is 5.69 Å². The van der Waals surface area contributed by atoms with E-state index in [1.807, 2.05) is 16.0 Å². The second kappa shape index (κ2) is 5.45. The molecule has 1 amide bonds. The number of fused-ring (bicyclic) bond motifs is 1. The van der Waals surface area contributed by atoms with Crippen molar-refractivity contribution in [3.05, 3.63) is 41.7 Å². The lowest BCUT2D eigenvalue weighted by Crippen LogP contribution is -2.13. The highest BCUT2D eigenvalue weighted by Gasteiger charge is 2.14. The summed E-state index contributed by atoms with van der Waals surface area (Å²) in [6.07, 6.45) is 3.55. The summed E-state index contributed by atoms with van der Waals surface area (Å²) < 4.78 is 12.2. The topological polar surface area (TPSA) is 64.9 Å². The van der Waals surface area contributed by atoms with Gasteiger partial charge >= 0.3 is 0 Å². The molecule has 0 radical (unpaired) electrons. The van der Waals surface area contributed by atoms with E-state index in [1.54, 1.807) is 38.6 Å². The molecule has 0 saturated heterocycles. The number of ether oxygens (including phenoxy) is 2. The van der Waals surface area contributed by atoms with Gasteiger partial charge in [-0.15, -0.1) is 11.3 Å². The van der Waals surface area contributed by atoms with Gasteiger partial charge in [-0.2, -0.15) is 0 Å². The van der Waals surface area contributed by atoms with Crippen LogP contribution in [0.5, 0.6) is 11.5 Å². The molecule has 0 atom stereocenters. The largest absolute Gasteiger partial charge is 0.497 e. The second-order valence-electron chi connectivity index (χ2n) is 4.24. The summed E-state index contributed by atoms with van der Waals surface area (Å²) >= 11 is 1.47. The Morgan fingerprint density at radius 3 is 2.90 bits per heavy atom. The maximum Gasteiger partial charge on any atom is 0.276 e. The van der Waals surface area contributed by atoms with Gasteiger partial charge in [-0.25, -0.2) is 4.98 Å². The molecule has 3 rings (SSSR count). The van der Waals surface area contributed by atoms with Crippen molar-refractivity contribution in [2.75, 3.05) is 19.5 Å². The Kier molecular flexibility index (Phi) is 3.49. The van der Waals surface area contributed by atoms with E-state index in [1.165, 1.54) is 11.3 Å². The van der Waals surface area contributed by atoms with Crippen LogP contribution in [0, 0.1) is 0 Å². The van der Waals surface area contributed by atoms with Crippen molar-refractivity contribution >= 4 is 27.9 Å². The van der Waals surface area contributed by atoms with E-state index < -0.39 is 0 Å². The zero-order valence-corrected chi connectivity index (χ0v) is 12.3. The number of imidazole rings is 1. The first-order valence-corrected chi connectivity index (χ1v) is 7.05. The van der Waals surface area contributed by atoms with Gasteiger partial charge in [-0.05, 0) is 12.1 Å². The Hall–Kier alpha value is -2.54. The first-order chi connectivity index (χ1) is 10.2. The average molecular weight is 303 g/mol. The summed E-state index contributed by atoms with van der Waals surface area (Å²) in [5.41, 5.74) is 0.893. The minimum atomic E-state index is -0.294. The molecule has 0 aliphatic carbocycles. The van der Waals surface area contributed by atoms with Crippen LogP contribution in [0.15, 0.2) is 36.0 Å². The number of anilines is 1. The molecule has 0 aliphatic rings. The van der Waals surface area contributed by atoms with E-state index in [4.69, 9.17) is 9.47 Å². The average Bonchev–Trinajstić information content (AvgIpc) is 3.08. The van der Waals surface area contributed by atoms with Crippen LogP contribution in [0.2, 0.25) is 0 Å². The highest BCUT2D eigenvalue weighted by molar-refractivity contribution is 7.15. The molecule has 6 nitrogen and oxygen atoms in total. The maximum absolute atomic E-state index is 12.3. The molecule has 0 fully saturated rings. The molecule has 2 aromatic heterocycles. The molecule has 0 aliphatic heterocycles. The molecule has 1 aromatic carbocycles. The molecule has 2 heterocycles. The van der Waals surface area contributed by atoms with Gasteiger partial charge in [0.1, 0.15) is 17.2 Å². The van der Waals surface area contributed by atoms with Crippen LogP contribution in [0.3, 0.4) is 0 Å². The molecule has 0 unspecified atom stereocenters. The lowest BCUT2D eigenvalue weighted by Gasteiger charge is -2.10.